The van der Waals surface area contributed by atoms with Crippen molar-refractivity contribution in [3.63, 3.8) is 0 Å². The van der Waals surface area contributed by atoms with Crippen LogP contribution in [0.3, 0.4) is 0 Å². The summed E-state index contributed by atoms with van der Waals surface area (Å²) in [5.41, 5.74) is 1.98. The summed E-state index contributed by atoms with van der Waals surface area (Å²) in [6, 6.07) is 8.13. The Labute approximate surface area is 141 Å². The first-order valence-corrected chi connectivity index (χ1v) is 8.80. The van der Waals surface area contributed by atoms with Gasteiger partial charge in [0.2, 0.25) is 5.91 Å². The first kappa shape index (κ1) is 14.1. The highest BCUT2D eigenvalue weighted by atomic mass is 16.5. The van der Waals surface area contributed by atoms with Gasteiger partial charge in [-0.1, -0.05) is 18.2 Å². The molecule has 1 aromatic heterocycles. The number of nitrogens with zero attached hydrogens (tertiary/aromatic N) is 2. The average Bonchev–Trinajstić information content (AvgIpc) is 3.49. The Morgan fingerprint density at radius 1 is 1.38 bits per heavy atom. The molecule has 2 heterocycles. The number of rotatable bonds is 4. The van der Waals surface area contributed by atoms with Crippen LogP contribution in [0.4, 0.5) is 5.69 Å². The van der Waals surface area contributed by atoms with E-state index >= 15 is 0 Å². The molecule has 1 spiro atoms. The van der Waals surface area contributed by atoms with Crippen LogP contribution >= 0.6 is 0 Å². The number of para-hydroxylation sites is 1. The van der Waals surface area contributed by atoms with Gasteiger partial charge < -0.3 is 10.1 Å². The molecule has 1 aromatic carbocycles. The monoisotopic (exact) mass is 323 g/mol. The van der Waals surface area contributed by atoms with Crippen molar-refractivity contribution in [3.8, 4) is 5.75 Å². The van der Waals surface area contributed by atoms with E-state index in [1.54, 1.807) is 6.20 Å². The van der Waals surface area contributed by atoms with E-state index in [-0.39, 0.29) is 17.2 Å². The fourth-order valence-corrected chi connectivity index (χ4v) is 4.03. The molecular formula is C19H21N3O2. The summed E-state index contributed by atoms with van der Waals surface area (Å²) < 4.78 is 7.69. The first-order valence-electron chi connectivity index (χ1n) is 8.80. The van der Waals surface area contributed by atoms with E-state index < -0.39 is 0 Å². The third-order valence-corrected chi connectivity index (χ3v) is 5.66. The van der Waals surface area contributed by atoms with Crippen molar-refractivity contribution in [2.45, 2.75) is 37.6 Å². The number of carbonyl (C=O) groups excluding carboxylic acids is 1. The Kier molecular flexibility index (Phi) is 2.99. The topological polar surface area (TPSA) is 56.2 Å². The molecule has 0 radical (unpaired) electrons. The number of ether oxygens (including phenoxy) is 1. The van der Waals surface area contributed by atoms with Crippen molar-refractivity contribution in [3.05, 3.63) is 42.2 Å². The lowest BCUT2D eigenvalue weighted by atomic mass is 9.87. The smallest absolute Gasteiger partial charge is 0.228 e. The van der Waals surface area contributed by atoms with Crippen molar-refractivity contribution in [2.75, 3.05) is 11.9 Å². The van der Waals surface area contributed by atoms with Gasteiger partial charge in [0.05, 0.1) is 18.5 Å². The fraction of sp³-hybridized carbons (Fsp3) is 0.474. The van der Waals surface area contributed by atoms with Crippen LogP contribution in [0.2, 0.25) is 0 Å². The molecule has 2 aliphatic carbocycles. The molecule has 5 heteroatoms. The Morgan fingerprint density at radius 2 is 2.25 bits per heavy atom. The molecule has 1 N–H and O–H groups in total. The third-order valence-electron chi connectivity index (χ3n) is 5.66. The first-order chi connectivity index (χ1) is 11.7. The van der Waals surface area contributed by atoms with Crippen molar-refractivity contribution >= 4 is 11.6 Å². The SMILES string of the molecule is O=C(Nc1cnn(CC2CC2)c1)[C@@H]1C[C@]12CCOc1ccccc12. The van der Waals surface area contributed by atoms with Crippen molar-refractivity contribution in [1.29, 1.82) is 0 Å². The standard InChI is InChI=1S/C19H21N3O2/c23-18(21-14-10-20-22(12-14)11-13-5-6-13)16-9-19(16)7-8-24-17-4-2-1-3-15(17)19/h1-4,10,12-13,16H,5-9,11H2,(H,21,23)/t16-,19-/m0/s1. The van der Waals surface area contributed by atoms with Crippen molar-refractivity contribution < 1.29 is 9.53 Å². The second-order valence-corrected chi connectivity index (χ2v) is 7.39. The number of hydrogen-bond acceptors (Lipinski definition) is 3. The molecule has 2 aromatic rings. The molecule has 5 nitrogen and oxygen atoms in total. The van der Waals surface area contributed by atoms with E-state index in [0.29, 0.717) is 6.61 Å². The van der Waals surface area contributed by atoms with Gasteiger partial charge in [-0.05, 0) is 37.7 Å². The van der Waals surface area contributed by atoms with E-state index in [4.69, 9.17) is 4.74 Å². The summed E-state index contributed by atoms with van der Waals surface area (Å²) in [4.78, 5) is 12.7. The van der Waals surface area contributed by atoms with Crippen LogP contribution in [0.1, 0.15) is 31.2 Å². The molecule has 124 valence electrons. The predicted molar refractivity (Wildman–Crippen MR) is 89.9 cm³/mol. The maximum absolute atomic E-state index is 12.7. The number of hydrogen-bond donors (Lipinski definition) is 1. The minimum absolute atomic E-state index is 0.0249. The van der Waals surface area contributed by atoms with Crippen LogP contribution in [0.5, 0.6) is 5.75 Å². The zero-order valence-corrected chi connectivity index (χ0v) is 13.6. The van der Waals surface area contributed by atoms with Gasteiger partial charge in [0, 0.05) is 29.6 Å². The molecule has 3 aliphatic rings. The summed E-state index contributed by atoms with van der Waals surface area (Å²) in [5.74, 6) is 1.86. The van der Waals surface area contributed by atoms with E-state index in [1.165, 1.54) is 18.4 Å². The maximum atomic E-state index is 12.7. The van der Waals surface area contributed by atoms with E-state index in [0.717, 1.165) is 36.7 Å². The molecule has 0 unspecified atom stereocenters. The number of benzene rings is 1. The molecule has 24 heavy (non-hydrogen) atoms. The second-order valence-electron chi connectivity index (χ2n) is 7.39. The quantitative estimate of drug-likeness (QED) is 0.941. The predicted octanol–water partition coefficient (Wildman–Crippen LogP) is 2.97. The lowest BCUT2D eigenvalue weighted by Crippen LogP contribution is -2.26. The van der Waals surface area contributed by atoms with Gasteiger partial charge in [-0.3, -0.25) is 9.48 Å². The Balaban J connectivity index is 1.30. The minimum Gasteiger partial charge on any atom is -0.493 e. The highest BCUT2D eigenvalue weighted by molar-refractivity contribution is 5.96. The Morgan fingerprint density at radius 3 is 3.12 bits per heavy atom. The molecule has 2 fully saturated rings. The number of nitrogens with one attached hydrogen (secondary N) is 1. The van der Waals surface area contributed by atoms with E-state index in [1.807, 2.05) is 29.1 Å². The number of carbonyl (C=O) groups is 1. The summed E-state index contributed by atoms with van der Waals surface area (Å²) in [6.45, 7) is 1.66. The third kappa shape index (κ3) is 2.30. The molecule has 1 aliphatic heterocycles. The minimum atomic E-state index is -0.0249. The molecule has 0 bridgehead atoms. The summed E-state index contributed by atoms with van der Waals surface area (Å²) >= 11 is 0. The maximum Gasteiger partial charge on any atom is 0.228 e. The van der Waals surface area contributed by atoms with Crippen molar-refractivity contribution in [1.82, 2.24) is 9.78 Å². The lowest BCUT2D eigenvalue weighted by Gasteiger charge is -2.26. The van der Waals surface area contributed by atoms with Crippen molar-refractivity contribution in [2.24, 2.45) is 11.8 Å². The zero-order valence-electron chi connectivity index (χ0n) is 13.6. The second kappa shape index (κ2) is 5.10. The zero-order chi connectivity index (χ0) is 16.1. The summed E-state index contributed by atoms with van der Waals surface area (Å²) in [6.07, 6.45) is 8.14. The lowest BCUT2D eigenvalue weighted by molar-refractivity contribution is -0.117. The summed E-state index contributed by atoms with van der Waals surface area (Å²) in [7, 11) is 0. The fourth-order valence-electron chi connectivity index (χ4n) is 4.03. The van der Waals surface area contributed by atoms with Gasteiger partial charge in [0.1, 0.15) is 5.75 Å². The Hall–Kier alpha value is -2.30. The van der Waals surface area contributed by atoms with Gasteiger partial charge in [0.25, 0.3) is 0 Å². The highest BCUT2D eigenvalue weighted by Crippen LogP contribution is 2.60. The number of fused-ring (bicyclic) bond motifs is 2. The van der Waals surface area contributed by atoms with Crippen LogP contribution in [-0.4, -0.2) is 22.3 Å². The highest BCUT2D eigenvalue weighted by Gasteiger charge is 2.61. The molecular weight excluding hydrogens is 302 g/mol. The van der Waals surface area contributed by atoms with Gasteiger partial charge >= 0.3 is 0 Å². The van der Waals surface area contributed by atoms with Gasteiger partial charge in [0.15, 0.2) is 0 Å². The molecule has 1 amide bonds. The molecule has 2 saturated carbocycles. The molecule has 2 atom stereocenters. The number of anilines is 1. The van der Waals surface area contributed by atoms with Crippen LogP contribution < -0.4 is 10.1 Å². The van der Waals surface area contributed by atoms with E-state index in [9.17, 15) is 4.79 Å². The van der Waals surface area contributed by atoms with Crippen LogP contribution in [0, 0.1) is 11.8 Å². The van der Waals surface area contributed by atoms with E-state index in [2.05, 4.69) is 16.5 Å². The van der Waals surface area contributed by atoms with Gasteiger partial charge in [-0.25, -0.2) is 0 Å². The normalized spacial score (nSPS) is 27.4. The number of amides is 1. The summed E-state index contributed by atoms with van der Waals surface area (Å²) in [5, 5.41) is 7.41. The van der Waals surface area contributed by atoms with Gasteiger partial charge in [-0.2, -0.15) is 5.10 Å². The van der Waals surface area contributed by atoms with Crippen LogP contribution in [0.15, 0.2) is 36.7 Å². The average molecular weight is 323 g/mol. The van der Waals surface area contributed by atoms with Crippen LogP contribution in [-0.2, 0) is 16.8 Å². The van der Waals surface area contributed by atoms with Crippen LogP contribution in [0.25, 0.3) is 0 Å². The Bertz CT molecular complexity index is 795. The largest absolute Gasteiger partial charge is 0.493 e. The molecule has 5 rings (SSSR count). The molecule has 0 saturated heterocycles. The number of aromatic nitrogens is 2. The van der Waals surface area contributed by atoms with Gasteiger partial charge in [-0.15, -0.1) is 0 Å².